The number of aryl methyl sites for hydroxylation is 1. The first-order valence-electron chi connectivity index (χ1n) is 7.97. The van der Waals surface area contributed by atoms with Gasteiger partial charge in [0.2, 0.25) is 0 Å². The average molecular weight is 331 g/mol. The number of H-pyrrole nitrogens is 1. The van der Waals surface area contributed by atoms with Gasteiger partial charge in [-0.2, -0.15) is 0 Å². The summed E-state index contributed by atoms with van der Waals surface area (Å²) in [6, 6.07) is 15.4. The lowest BCUT2D eigenvalue weighted by atomic mass is 10.1. The second-order valence-corrected chi connectivity index (χ2v) is 6.07. The van der Waals surface area contributed by atoms with Gasteiger partial charge in [0.05, 0.1) is 6.33 Å². The summed E-state index contributed by atoms with van der Waals surface area (Å²) >= 11 is 0. The molecule has 0 radical (unpaired) electrons. The van der Waals surface area contributed by atoms with Gasteiger partial charge in [-0.25, -0.2) is 9.97 Å². The number of fused-ring (bicyclic) bond motifs is 1. The van der Waals surface area contributed by atoms with E-state index in [2.05, 4.69) is 21.0 Å². The Morgan fingerprint density at radius 3 is 2.80 bits per heavy atom. The Kier molecular flexibility index (Phi) is 3.57. The van der Waals surface area contributed by atoms with Gasteiger partial charge in [0, 0.05) is 17.8 Å². The molecular formula is C19H17N5O. The van der Waals surface area contributed by atoms with Crippen LogP contribution in [0.15, 0.2) is 59.7 Å². The number of aromatic amines is 1. The van der Waals surface area contributed by atoms with Crippen molar-refractivity contribution in [3.8, 4) is 11.4 Å². The van der Waals surface area contributed by atoms with Crippen LogP contribution in [0.2, 0.25) is 0 Å². The van der Waals surface area contributed by atoms with Crippen LogP contribution in [-0.4, -0.2) is 19.5 Å². The van der Waals surface area contributed by atoms with E-state index in [1.807, 2.05) is 41.8 Å². The smallest absolute Gasteiger partial charge is 0.277 e. The lowest BCUT2D eigenvalue weighted by Gasteiger charge is -2.06. The minimum atomic E-state index is -0.215. The minimum Gasteiger partial charge on any atom is -0.399 e. The molecule has 4 rings (SSSR count). The first-order chi connectivity index (χ1) is 12.1. The molecule has 0 aliphatic heterocycles. The van der Waals surface area contributed by atoms with Crippen molar-refractivity contribution in [3.05, 3.63) is 76.3 Å². The molecule has 0 bridgehead atoms. The van der Waals surface area contributed by atoms with Crippen LogP contribution in [0, 0.1) is 6.92 Å². The number of nitrogens with one attached hydrogen (secondary N) is 1. The van der Waals surface area contributed by atoms with Gasteiger partial charge in [-0.1, -0.05) is 42.0 Å². The van der Waals surface area contributed by atoms with Crippen LogP contribution in [0.5, 0.6) is 0 Å². The van der Waals surface area contributed by atoms with Crippen LogP contribution >= 0.6 is 0 Å². The molecule has 6 nitrogen and oxygen atoms in total. The van der Waals surface area contributed by atoms with E-state index in [1.165, 1.54) is 5.56 Å². The number of anilines is 1. The molecule has 0 unspecified atom stereocenters. The van der Waals surface area contributed by atoms with Crippen LogP contribution in [0.1, 0.15) is 11.1 Å². The number of nitrogens with two attached hydrogens (primary N) is 1. The van der Waals surface area contributed by atoms with Crippen molar-refractivity contribution in [1.82, 2.24) is 19.5 Å². The first kappa shape index (κ1) is 15.1. The topological polar surface area (TPSA) is 89.6 Å². The Balaban J connectivity index is 1.78. The summed E-state index contributed by atoms with van der Waals surface area (Å²) in [5, 5.41) is 0. The molecule has 0 atom stereocenters. The summed E-state index contributed by atoms with van der Waals surface area (Å²) in [5.74, 6) is 0.464. The van der Waals surface area contributed by atoms with Crippen molar-refractivity contribution in [2.45, 2.75) is 13.5 Å². The van der Waals surface area contributed by atoms with E-state index in [-0.39, 0.29) is 5.56 Å². The number of benzene rings is 2. The van der Waals surface area contributed by atoms with E-state index >= 15 is 0 Å². The summed E-state index contributed by atoms with van der Waals surface area (Å²) in [6.45, 7) is 2.61. The predicted molar refractivity (Wildman–Crippen MR) is 98.3 cm³/mol. The first-order valence-corrected chi connectivity index (χ1v) is 7.97. The molecule has 0 aliphatic carbocycles. The van der Waals surface area contributed by atoms with E-state index in [0.29, 0.717) is 29.2 Å². The Bertz CT molecular complexity index is 1130. The molecule has 2 aromatic carbocycles. The number of nitrogens with zero attached hydrogens (tertiary/aromatic N) is 3. The zero-order chi connectivity index (χ0) is 17.4. The highest BCUT2D eigenvalue weighted by Gasteiger charge is 2.12. The summed E-state index contributed by atoms with van der Waals surface area (Å²) < 4.78 is 1.82. The largest absolute Gasteiger partial charge is 0.399 e. The van der Waals surface area contributed by atoms with E-state index in [9.17, 15) is 4.79 Å². The molecule has 2 aromatic heterocycles. The fourth-order valence-corrected chi connectivity index (χ4v) is 2.94. The van der Waals surface area contributed by atoms with Crippen molar-refractivity contribution >= 4 is 16.9 Å². The molecule has 3 N–H and O–H groups in total. The zero-order valence-electron chi connectivity index (χ0n) is 13.7. The number of rotatable bonds is 3. The number of hydrogen-bond acceptors (Lipinski definition) is 4. The molecule has 0 spiro atoms. The molecule has 0 aliphatic rings. The highest BCUT2D eigenvalue weighted by molar-refractivity contribution is 5.73. The predicted octanol–water partition coefficient (Wildman–Crippen LogP) is 2.73. The maximum Gasteiger partial charge on any atom is 0.277 e. The highest BCUT2D eigenvalue weighted by Crippen LogP contribution is 2.18. The highest BCUT2D eigenvalue weighted by atomic mass is 16.1. The number of hydrogen-bond donors (Lipinski definition) is 2. The molecule has 25 heavy (non-hydrogen) atoms. The van der Waals surface area contributed by atoms with Crippen molar-refractivity contribution in [2.75, 3.05) is 5.73 Å². The Labute approximate surface area is 144 Å². The summed E-state index contributed by atoms with van der Waals surface area (Å²) in [5.41, 5.74) is 10.1. The number of imidazole rings is 1. The zero-order valence-corrected chi connectivity index (χ0v) is 13.7. The van der Waals surface area contributed by atoms with Crippen molar-refractivity contribution in [3.63, 3.8) is 0 Å². The monoisotopic (exact) mass is 331 g/mol. The van der Waals surface area contributed by atoms with E-state index in [0.717, 1.165) is 11.1 Å². The van der Waals surface area contributed by atoms with Crippen LogP contribution in [0.25, 0.3) is 22.6 Å². The maximum absolute atomic E-state index is 12.6. The fourth-order valence-electron chi connectivity index (χ4n) is 2.94. The van der Waals surface area contributed by atoms with Gasteiger partial charge < -0.3 is 15.3 Å². The second kappa shape index (κ2) is 5.90. The standard InChI is InChI=1S/C19H17N5O/c1-12-4-2-5-13(8-12)10-24-11-21-18-16(24)19(25)23-17(22-18)14-6-3-7-15(20)9-14/h2-9,11H,10,20H2,1H3,(H,22,23,25). The van der Waals surface area contributed by atoms with Gasteiger partial charge in [0.25, 0.3) is 5.56 Å². The van der Waals surface area contributed by atoms with Gasteiger partial charge in [0.15, 0.2) is 11.2 Å². The van der Waals surface area contributed by atoms with E-state index < -0.39 is 0 Å². The van der Waals surface area contributed by atoms with Crippen molar-refractivity contribution in [2.24, 2.45) is 0 Å². The minimum absolute atomic E-state index is 0.215. The van der Waals surface area contributed by atoms with Crippen LogP contribution in [0.4, 0.5) is 5.69 Å². The van der Waals surface area contributed by atoms with Gasteiger partial charge in [0.1, 0.15) is 5.82 Å². The Morgan fingerprint density at radius 2 is 2.00 bits per heavy atom. The molecule has 2 heterocycles. The molecule has 0 saturated carbocycles. The Hall–Kier alpha value is -3.41. The summed E-state index contributed by atoms with van der Waals surface area (Å²) in [7, 11) is 0. The molecule has 6 heteroatoms. The third-order valence-electron chi connectivity index (χ3n) is 4.08. The fraction of sp³-hybridized carbons (Fsp3) is 0.105. The molecular weight excluding hydrogens is 314 g/mol. The third kappa shape index (κ3) is 2.89. The van der Waals surface area contributed by atoms with Crippen molar-refractivity contribution < 1.29 is 0 Å². The van der Waals surface area contributed by atoms with Gasteiger partial charge in [-0.3, -0.25) is 4.79 Å². The number of aromatic nitrogens is 4. The molecule has 0 saturated heterocycles. The molecule has 0 amide bonds. The summed E-state index contributed by atoms with van der Waals surface area (Å²) in [4.78, 5) is 24.2. The van der Waals surface area contributed by atoms with Crippen LogP contribution < -0.4 is 11.3 Å². The van der Waals surface area contributed by atoms with E-state index in [4.69, 9.17) is 5.73 Å². The maximum atomic E-state index is 12.6. The van der Waals surface area contributed by atoms with Crippen molar-refractivity contribution in [1.29, 1.82) is 0 Å². The van der Waals surface area contributed by atoms with E-state index in [1.54, 1.807) is 18.5 Å². The lowest BCUT2D eigenvalue weighted by Crippen LogP contribution is -2.13. The molecule has 0 fully saturated rings. The Morgan fingerprint density at radius 1 is 1.16 bits per heavy atom. The lowest BCUT2D eigenvalue weighted by molar-refractivity contribution is 0.819. The van der Waals surface area contributed by atoms with Crippen LogP contribution in [0.3, 0.4) is 0 Å². The quantitative estimate of drug-likeness (QED) is 0.565. The third-order valence-corrected chi connectivity index (χ3v) is 4.08. The normalized spacial score (nSPS) is 11.1. The summed E-state index contributed by atoms with van der Waals surface area (Å²) in [6.07, 6.45) is 1.65. The SMILES string of the molecule is Cc1cccc(Cn2cnc3nc(-c4cccc(N)c4)[nH]c(=O)c32)c1. The average Bonchev–Trinajstić information content (AvgIpc) is 2.98. The van der Waals surface area contributed by atoms with Gasteiger partial charge in [-0.05, 0) is 24.6 Å². The second-order valence-electron chi connectivity index (χ2n) is 6.07. The number of nitrogen functional groups attached to an aromatic ring is 1. The molecule has 124 valence electrons. The van der Waals surface area contributed by atoms with Gasteiger partial charge >= 0.3 is 0 Å². The molecule has 4 aromatic rings. The van der Waals surface area contributed by atoms with Crippen LogP contribution in [-0.2, 0) is 6.54 Å². The van der Waals surface area contributed by atoms with Gasteiger partial charge in [-0.15, -0.1) is 0 Å².